The summed E-state index contributed by atoms with van der Waals surface area (Å²) in [5, 5.41) is 0. The highest BCUT2D eigenvalue weighted by molar-refractivity contribution is 5.77. The molecular weight excluding hydrogens is 347 g/mol. The van der Waals surface area contributed by atoms with Crippen molar-refractivity contribution in [1.82, 2.24) is 9.80 Å². The van der Waals surface area contributed by atoms with Gasteiger partial charge in [0.25, 0.3) is 0 Å². The van der Waals surface area contributed by atoms with Crippen LogP contribution in [-0.2, 0) is 20.9 Å². The molecule has 0 radical (unpaired) electrons. The van der Waals surface area contributed by atoms with Gasteiger partial charge in [-0.2, -0.15) is 0 Å². The first kappa shape index (κ1) is 21.4. The molecule has 1 fully saturated rings. The van der Waals surface area contributed by atoms with E-state index >= 15 is 0 Å². The monoisotopic (exact) mass is 378 g/mol. The molecule has 150 valence electrons. The zero-order chi connectivity index (χ0) is 19.8. The molecule has 6 heteroatoms. The van der Waals surface area contributed by atoms with E-state index in [-0.39, 0.29) is 30.2 Å². The topological polar surface area (TPSA) is 49.9 Å². The Bertz CT molecular complexity index is 618. The predicted molar refractivity (Wildman–Crippen MR) is 103 cm³/mol. The Morgan fingerprint density at radius 3 is 2.52 bits per heavy atom. The molecule has 2 rings (SSSR count). The van der Waals surface area contributed by atoms with E-state index in [2.05, 4.69) is 23.5 Å². The van der Waals surface area contributed by atoms with E-state index in [0.717, 1.165) is 31.6 Å². The predicted octanol–water partition coefficient (Wildman–Crippen LogP) is 3.23. The van der Waals surface area contributed by atoms with Gasteiger partial charge in [0.15, 0.2) is 0 Å². The molecule has 0 aliphatic carbocycles. The van der Waals surface area contributed by atoms with Gasteiger partial charge in [0, 0.05) is 45.1 Å². The lowest BCUT2D eigenvalue weighted by Gasteiger charge is -2.34. The third kappa shape index (κ3) is 6.61. The van der Waals surface area contributed by atoms with Crippen molar-refractivity contribution in [2.45, 2.75) is 52.1 Å². The zero-order valence-electron chi connectivity index (χ0n) is 16.6. The van der Waals surface area contributed by atoms with Crippen LogP contribution < -0.4 is 0 Å². The Hall–Kier alpha value is -1.95. The number of rotatable bonds is 7. The van der Waals surface area contributed by atoms with Crippen molar-refractivity contribution >= 4 is 11.9 Å². The number of benzene rings is 1. The highest BCUT2D eigenvalue weighted by Gasteiger charge is 2.29. The van der Waals surface area contributed by atoms with Crippen molar-refractivity contribution in [2.75, 3.05) is 26.7 Å². The summed E-state index contributed by atoms with van der Waals surface area (Å²) >= 11 is 0. The molecule has 0 spiro atoms. The third-order valence-electron chi connectivity index (χ3n) is 5.17. The van der Waals surface area contributed by atoms with Gasteiger partial charge < -0.3 is 9.64 Å². The Morgan fingerprint density at radius 2 is 1.89 bits per heavy atom. The van der Waals surface area contributed by atoms with Gasteiger partial charge in [-0.1, -0.05) is 26.0 Å². The van der Waals surface area contributed by atoms with Crippen molar-refractivity contribution in [3.63, 3.8) is 0 Å². The molecular formula is C21H31FN2O3. The molecule has 1 aliphatic heterocycles. The Labute approximate surface area is 161 Å². The standard InChI is InChI=1S/C21H31FN2O3/c1-16(2)19-15-24(20(25)6-4-7-21(26)27-3)13-5-12-23(19)14-17-8-10-18(22)11-9-17/h8-11,16,19H,4-7,12-15H2,1-3H3/t19-/m1/s1. The number of nitrogens with zero attached hydrogens (tertiary/aromatic N) is 2. The molecule has 1 saturated heterocycles. The van der Waals surface area contributed by atoms with Crippen molar-refractivity contribution in [3.05, 3.63) is 35.6 Å². The van der Waals surface area contributed by atoms with Crippen LogP contribution in [0, 0.1) is 11.7 Å². The van der Waals surface area contributed by atoms with Crippen LogP contribution in [0.25, 0.3) is 0 Å². The highest BCUT2D eigenvalue weighted by atomic mass is 19.1. The minimum absolute atomic E-state index is 0.105. The number of hydrogen-bond acceptors (Lipinski definition) is 4. The molecule has 5 nitrogen and oxygen atoms in total. The van der Waals surface area contributed by atoms with E-state index in [1.54, 1.807) is 0 Å². The van der Waals surface area contributed by atoms with Gasteiger partial charge in [0.1, 0.15) is 5.82 Å². The number of halogens is 1. The average molecular weight is 378 g/mol. The molecule has 0 aromatic heterocycles. The van der Waals surface area contributed by atoms with Crippen LogP contribution in [0.15, 0.2) is 24.3 Å². The minimum Gasteiger partial charge on any atom is -0.469 e. The van der Waals surface area contributed by atoms with Crippen molar-refractivity contribution in [2.24, 2.45) is 5.92 Å². The SMILES string of the molecule is COC(=O)CCCC(=O)N1CCCN(Cc2ccc(F)cc2)[C@@H](C(C)C)C1. The molecule has 0 saturated carbocycles. The largest absolute Gasteiger partial charge is 0.469 e. The first-order valence-electron chi connectivity index (χ1n) is 9.73. The summed E-state index contributed by atoms with van der Waals surface area (Å²) in [6, 6.07) is 6.89. The van der Waals surface area contributed by atoms with Crippen molar-refractivity contribution in [3.8, 4) is 0 Å². The maximum Gasteiger partial charge on any atom is 0.305 e. The minimum atomic E-state index is -0.274. The second-order valence-electron chi connectivity index (χ2n) is 7.53. The van der Waals surface area contributed by atoms with Crippen LogP contribution in [0.3, 0.4) is 0 Å². The van der Waals surface area contributed by atoms with Gasteiger partial charge in [0.2, 0.25) is 5.91 Å². The molecule has 1 aliphatic rings. The molecule has 1 amide bonds. The lowest BCUT2D eigenvalue weighted by Crippen LogP contribution is -2.45. The van der Waals surface area contributed by atoms with Gasteiger partial charge in [-0.05, 0) is 36.5 Å². The van der Waals surface area contributed by atoms with Crippen molar-refractivity contribution in [1.29, 1.82) is 0 Å². The summed E-state index contributed by atoms with van der Waals surface area (Å²) in [6.07, 6.45) is 2.08. The van der Waals surface area contributed by atoms with Crippen LogP contribution in [0.4, 0.5) is 4.39 Å². The fourth-order valence-corrected chi connectivity index (χ4v) is 3.59. The molecule has 0 unspecified atom stereocenters. The fourth-order valence-electron chi connectivity index (χ4n) is 3.59. The van der Waals surface area contributed by atoms with E-state index in [0.29, 0.717) is 25.3 Å². The lowest BCUT2D eigenvalue weighted by molar-refractivity contribution is -0.140. The summed E-state index contributed by atoms with van der Waals surface area (Å²) in [5.74, 6) is 0.00468. The number of carbonyl (C=O) groups excluding carboxylic acids is 2. The fraction of sp³-hybridized carbons (Fsp3) is 0.619. The van der Waals surface area contributed by atoms with Gasteiger partial charge in [0.05, 0.1) is 7.11 Å². The molecule has 1 heterocycles. The number of amides is 1. The first-order chi connectivity index (χ1) is 12.9. The lowest BCUT2D eigenvalue weighted by atomic mass is 10.0. The smallest absolute Gasteiger partial charge is 0.305 e. The van der Waals surface area contributed by atoms with E-state index in [1.165, 1.54) is 19.2 Å². The van der Waals surface area contributed by atoms with Crippen LogP contribution in [0.2, 0.25) is 0 Å². The Balaban J connectivity index is 1.97. The molecule has 1 atom stereocenters. The maximum absolute atomic E-state index is 13.2. The number of ether oxygens (including phenoxy) is 1. The van der Waals surface area contributed by atoms with E-state index < -0.39 is 0 Å². The maximum atomic E-state index is 13.2. The summed E-state index contributed by atoms with van der Waals surface area (Å²) in [4.78, 5) is 28.2. The molecule has 1 aromatic rings. The highest BCUT2D eigenvalue weighted by Crippen LogP contribution is 2.21. The number of hydrogen-bond donors (Lipinski definition) is 0. The molecule has 27 heavy (non-hydrogen) atoms. The van der Waals surface area contributed by atoms with Crippen LogP contribution in [0.1, 0.15) is 45.1 Å². The molecule has 0 bridgehead atoms. The van der Waals surface area contributed by atoms with Crippen LogP contribution in [-0.4, -0.2) is 54.5 Å². The second-order valence-corrected chi connectivity index (χ2v) is 7.53. The van der Waals surface area contributed by atoms with Crippen LogP contribution in [0.5, 0.6) is 0 Å². The molecule has 0 N–H and O–H groups in total. The number of esters is 1. The summed E-state index contributed by atoms with van der Waals surface area (Å²) < 4.78 is 17.8. The van der Waals surface area contributed by atoms with Crippen LogP contribution >= 0.6 is 0 Å². The first-order valence-corrected chi connectivity index (χ1v) is 9.73. The summed E-state index contributed by atoms with van der Waals surface area (Å²) in [7, 11) is 1.36. The summed E-state index contributed by atoms with van der Waals surface area (Å²) in [6.45, 7) is 7.44. The van der Waals surface area contributed by atoms with Gasteiger partial charge in [-0.25, -0.2) is 4.39 Å². The van der Waals surface area contributed by atoms with E-state index in [9.17, 15) is 14.0 Å². The summed E-state index contributed by atoms with van der Waals surface area (Å²) in [5.41, 5.74) is 1.08. The van der Waals surface area contributed by atoms with Gasteiger partial charge >= 0.3 is 5.97 Å². The second kappa shape index (κ2) is 10.4. The van der Waals surface area contributed by atoms with Crippen molar-refractivity contribution < 1.29 is 18.7 Å². The number of carbonyl (C=O) groups is 2. The third-order valence-corrected chi connectivity index (χ3v) is 5.17. The number of methoxy groups -OCH3 is 1. The van der Waals surface area contributed by atoms with E-state index in [1.807, 2.05) is 17.0 Å². The van der Waals surface area contributed by atoms with Gasteiger partial charge in [-0.15, -0.1) is 0 Å². The Morgan fingerprint density at radius 1 is 1.19 bits per heavy atom. The quantitative estimate of drug-likeness (QED) is 0.684. The average Bonchev–Trinajstić information content (AvgIpc) is 2.86. The molecule has 1 aromatic carbocycles. The zero-order valence-corrected chi connectivity index (χ0v) is 16.6. The van der Waals surface area contributed by atoms with Gasteiger partial charge in [-0.3, -0.25) is 14.5 Å². The van der Waals surface area contributed by atoms with E-state index in [4.69, 9.17) is 0 Å². The normalized spacial score (nSPS) is 18.4. The Kier molecular flexibility index (Phi) is 8.23.